The SMILES string of the molecule is Cc1ccc(NC(=O)c2cn(-c3ccccc3C(F)(F)F)nn2)c(Cl)c1. The van der Waals surface area contributed by atoms with Crippen LogP contribution in [0.3, 0.4) is 0 Å². The highest BCUT2D eigenvalue weighted by atomic mass is 35.5. The van der Waals surface area contributed by atoms with Crippen molar-refractivity contribution in [1.29, 1.82) is 0 Å². The Morgan fingerprint density at radius 3 is 2.62 bits per heavy atom. The number of benzene rings is 2. The van der Waals surface area contributed by atoms with Gasteiger partial charge in [-0.25, -0.2) is 4.68 Å². The number of para-hydroxylation sites is 1. The third-order valence-electron chi connectivity index (χ3n) is 3.56. The largest absolute Gasteiger partial charge is 0.418 e. The first-order valence-electron chi connectivity index (χ1n) is 7.42. The number of carbonyl (C=O) groups excluding carboxylic acids is 1. The number of alkyl halides is 3. The van der Waals surface area contributed by atoms with Crippen LogP contribution in [0.5, 0.6) is 0 Å². The first kappa shape index (κ1) is 17.9. The Labute approximate surface area is 151 Å². The standard InChI is InChI=1S/C17H12ClF3N4O/c1-10-6-7-13(12(18)8-10)22-16(26)14-9-25(24-23-14)15-5-3-2-4-11(15)17(19,20)21/h2-9H,1H3,(H,22,26). The highest BCUT2D eigenvalue weighted by molar-refractivity contribution is 6.34. The monoisotopic (exact) mass is 380 g/mol. The molecule has 0 saturated carbocycles. The average Bonchev–Trinajstić information content (AvgIpc) is 3.06. The molecule has 9 heteroatoms. The number of hydrogen-bond acceptors (Lipinski definition) is 3. The lowest BCUT2D eigenvalue weighted by molar-refractivity contribution is -0.137. The van der Waals surface area contributed by atoms with Gasteiger partial charge >= 0.3 is 6.18 Å². The van der Waals surface area contributed by atoms with Crippen molar-refractivity contribution in [3.63, 3.8) is 0 Å². The van der Waals surface area contributed by atoms with E-state index in [0.717, 1.165) is 22.5 Å². The Morgan fingerprint density at radius 1 is 1.19 bits per heavy atom. The van der Waals surface area contributed by atoms with Gasteiger partial charge < -0.3 is 5.32 Å². The number of halogens is 4. The molecule has 0 atom stereocenters. The number of anilines is 1. The van der Waals surface area contributed by atoms with E-state index in [0.29, 0.717) is 10.7 Å². The van der Waals surface area contributed by atoms with Crippen LogP contribution < -0.4 is 5.32 Å². The van der Waals surface area contributed by atoms with Crippen molar-refractivity contribution in [2.45, 2.75) is 13.1 Å². The van der Waals surface area contributed by atoms with Crippen molar-refractivity contribution in [1.82, 2.24) is 15.0 Å². The first-order valence-corrected chi connectivity index (χ1v) is 7.80. The second kappa shape index (κ2) is 6.80. The Bertz CT molecular complexity index is 969. The molecule has 0 unspecified atom stereocenters. The predicted molar refractivity (Wildman–Crippen MR) is 90.5 cm³/mol. The van der Waals surface area contributed by atoms with E-state index < -0.39 is 17.6 Å². The Hall–Kier alpha value is -2.87. The molecule has 134 valence electrons. The summed E-state index contributed by atoms with van der Waals surface area (Å²) < 4.78 is 40.2. The molecule has 3 aromatic rings. The molecule has 0 radical (unpaired) electrons. The number of aromatic nitrogens is 3. The number of hydrogen-bond donors (Lipinski definition) is 1. The normalized spacial score (nSPS) is 11.4. The van der Waals surface area contributed by atoms with E-state index in [1.807, 2.05) is 6.92 Å². The van der Waals surface area contributed by atoms with Crippen molar-refractivity contribution >= 4 is 23.2 Å². The average molecular weight is 381 g/mol. The fourth-order valence-electron chi connectivity index (χ4n) is 2.31. The molecular formula is C17H12ClF3N4O. The van der Waals surface area contributed by atoms with Crippen molar-refractivity contribution in [3.05, 3.63) is 70.5 Å². The smallest absolute Gasteiger partial charge is 0.319 e. The van der Waals surface area contributed by atoms with Gasteiger partial charge in [0.05, 0.1) is 28.2 Å². The van der Waals surface area contributed by atoms with Crippen molar-refractivity contribution in [3.8, 4) is 5.69 Å². The third kappa shape index (κ3) is 3.70. The van der Waals surface area contributed by atoms with Gasteiger partial charge in [0.1, 0.15) is 0 Å². The fraction of sp³-hybridized carbons (Fsp3) is 0.118. The summed E-state index contributed by atoms with van der Waals surface area (Å²) in [5, 5.41) is 10.2. The van der Waals surface area contributed by atoms with E-state index in [4.69, 9.17) is 11.6 Å². The van der Waals surface area contributed by atoms with Gasteiger partial charge in [-0.05, 0) is 36.8 Å². The number of amides is 1. The second-order valence-corrected chi connectivity index (χ2v) is 5.91. The number of rotatable bonds is 3. The van der Waals surface area contributed by atoms with Crippen LogP contribution in [-0.4, -0.2) is 20.9 Å². The van der Waals surface area contributed by atoms with Gasteiger partial charge in [0.2, 0.25) is 0 Å². The Morgan fingerprint density at radius 2 is 1.92 bits per heavy atom. The zero-order valence-electron chi connectivity index (χ0n) is 13.4. The highest BCUT2D eigenvalue weighted by Crippen LogP contribution is 2.33. The molecule has 0 bridgehead atoms. The first-order chi connectivity index (χ1) is 12.3. The molecule has 2 aromatic carbocycles. The van der Waals surface area contributed by atoms with E-state index in [-0.39, 0.29) is 11.4 Å². The predicted octanol–water partition coefficient (Wildman–Crippen LogP) is 4.50. The van der Waals surface area contributed by atoms with E-state index in [1.165, 1.54) is 18.2 Å². The summed E-state index contributed by atoms with van der Waals surface area (Å²) >= 11 is 6.05. The minimum absolute atomic E-state index is 0.140. The van der Waals surface area contributed by atoms with Crippen LogP contribution in [0.1, 0.15) is 21.6 Å². The van der Waals surface area contributed by atoms with Crippen molar-refractivity contribution in [2.24, 2.45) is 0 Å². The Balaban J connectivity index is 1.88. The molecule has 26 heavy (non-hydrogen) atoms. The van der Waals surface area contributed by atoms with Crippen LogP contribution in [0.25, 0.3) is 5.69 Å². The van der Waals surface area contributed by atoms with Crippen LogP contribution in [0.2, 0.25) is 5.02 Å². The van der Waals surface area contributed by atoms with E-state index in [2.05, 4.69) is 15.6 Å². The van der Waals surface area contributed by atoms with Gasteiger partial charge in [-0.15, -0.1) is 5.10 Å². The number of carbonyl (C=O) groups is 1. The second-order valence-electron chi connectivity index (χ2n) is 5.50. The van der Waals surface area contributed by atoms with Gasteiger partial charge in [-0.1, -0.05) is 35.0 Å². The summed E-state index contributed by atoms with van der Waals surface area (Å²) in [5.74, 6) is -0.633. The van der Waals surface area contributed by atoms with Gasteiger partial charge in [-0.3, -0.25) is 4.79 Å². The minimum atomic E-state index is -4.56. The van der Waals surface area contributed by atoms with E-state index >= 15 is 0 Å². The maximum atomic E-state index is 13.1. The Kier molecular flexibility index (Phi) is 4.69. The van der Waals surface area contributed by atoms with Crippen LogP contribution in [0.15, 0.2) is 48.7 Å². The lowest BCUT2D eigenvalue weighted by Gasteiger charge is -2.11. The summed E-state index contributed by atoms with van der Waals surface area (Å²) in [7, 11) is 0. The van der Waals surface area contributed by atoms with Crippen LogP contribution in [-0.2, 0) is 6.18 Å². The summed E-state index contributed by atoms with van der Waals surface area (Å²) in [6.45, 7) is 1.85. The summed E-state index contributed by atoms with van der Waals surface area (Å²) in [4.78, 5) is 12.3. The van der Waals surface area contributed by atoms with Crippen LogP contribution >= 0.6 is 11.6 Å². The summed E-state index contributed by atoms with van der Waals surface area (Å²) in [6, 6.07) is 9.96. The molecule has 1 amide bonds. The number of nitrogens with zero attached hydrogens (tertiary/aromatic N) is 3. The van der Waals surface area contributed by atoms with Crippen LogP contribution in [0.4, 0.5) is 18.9 Å². The molecule has 1 aromatic heterocycles. The van der Waals surface area contributed by atoms with E-state index in [9.17, 15) is 18.0 Å². The highest BCUT2D eigenvalue weighted by Gasteiger charge is 2.34. The molecule has 0 aliphatic carbocycles. The summed E-state index contributed by atoms with van der Waals surface area (Å²) in [5.41, 5.74) is 0.0483. The quantitative estimate of drug-likeness (QED) is 0.727. The topological polar surface area (TPSA) is 59.8 Å². The number of aryl methyl sites for hydroxylation is 1. The van der Waals surface area contributed by atoms with Crippen molar-refractivity contribution < 1.29 is 18.0 Å². The number of nitrogens with one attached hydrogen (secondary N) is 1. The maximum Gasteiger partial charge on any atom is 0.418 e. The molecule has 0 aliphatic rings. The van der Waals surface area contributed by atoms with Gasteiger partial charge in [0, 0.05) is 0 Å². The molecule has 0 spiro atoms. The van der Waals surface area contributed by atoms with Gasteiger partial charge in [0.15, 0.2) is 5.69 Å². The third-order valence-corrected chi connectivity index (χ3v) is 3.87. The molecule has 0 aliphatic heterocycles. The molecule has 0 saturated heterocycles. The lowest BCUT2D eigenvalue weighted by atomic mass is 10.1. The van der Waals surface area contributed by atoms with Gasteiger partial charge in [0.25, 0.3) is 5.91 Å². The molecule has 1 N–H and O–H groups in total. The molecular weight excluding hydrogens is 369 g/mol. The minimum Gasteiger partial charge on any atom is -0.319 e. The van der Waals surface area contributed by atoms with Crippen molar-refractivity contribution in [2.75, 3.05) is 5.32 Å². The molecule has 0 fully saturated rings. The van der Waals surface area contributed by atoms with Crippen LogP contribution in [0, 0.1) is 6.92 Å². The molecule has 1 heterocycles. The fourth-order valence-corrected chi connectivity index (χ4v) is 2.59. The lowest BCUT2D eigenvalue weighted by Crippen LogP contribution is -2.13. The zero-order chi connectivity index (χ0) is 18.9. The molecule has 3 rings (SSSR count). The molecule has 5 nitrogen and oxygen atoms in total. The van der Waals surface area contributed by atoms with E-state index in [1.54, 1.807) is 18.2 Å². The van der Waals surface area contributed by atoms with Gasteiger partial charge in [-0.2, -0.15) is 13.2 Å². The maximum absolute atomic E-state index is 13.1. The summed E-state index contributed by atoms with van der Waals surface area (Å²) in [6.07, 6.45) is -3.43. The zero-order valence-corrected chi connectivity index (χ0v) is 14.1.